The van der Waals surface area contributed by atoms with Crippen LogP contribution >= 0.6 is 0 Å². The Morgan fingerprint density at radius 1 is 1.19 bits per heavy atom. The number of amides is 2. The second-order valence-electron chi connectivity index (χ2n) is 7.10. The minimum absolute atomic E-state index is 0.00802. The van der Waals surface area contributed by atoms with Crippen molar-refractivity contribution < 1.29 is 19.4 Å². The Hall–Kier alpha value is -1.96. The Bertz CT molecular complexity index is 633. The zero-order valence-corrected chi connectivity index (χ0v) is 15.8. The van der Waals surface area contributed by atoms with Crippen molar-refractivity contribution in [2.24, 2.45) is 0 Å². The molecule has 2 aliphatic rings. The SMILES string of the molecule is CCC(=O)N1[C@H](CNC(=O)CN2CCOCC2)[C@@H](c2ccccc2)[C@@H]1CO. The number of morpholine rings is 1. The summed E-state index contributed by atoms with van der Waals surface area (Å²) in [7, 11) is 0. The number of carbonyl (C=O) groups excluding carboxylic acids is 2. The van der Waals surface area contributed by atoms with E-state index in [-0.39, 0.29) is 36.4 Å². The molecule has 0 aliphatic carbocycles. The number of hydrogen-bond acceptors (Lipinski definition) is 5. The second kappa shape index (κ2) is 9.30. The van der Waals surface area contributed by atoms with E-state index in [1.165, 1.54) is 0 Å². The third-order valence-corrected chi connectivity index (χ3v) is 5.48. The fourth-order valence-corrected chi connectivity index (χ4v) is 4.08. The van der Waals surface area contributed by atoms with Crippen LogP contribution in [0.4, 0.5) is 0 Å². The zero-order chi connectivity index (χ0) is 19.2. The molecule has 2 N–H and O–H groups in total. The van der Waals surface area contributed by atoms with Crippen molar-refractivity contribution in [2.45, 2.75) is 31.3 Å². The first-order valence-corrected chi connectivity index (χ1v) is 9.69. The summed E-state index contributed by atoms with van der Waals surface area (Å²) in [6.07, 6.45) is 0.385. The van der Waals surface area contributed by atoms with Gasteiger partial charge in [0.1, 0.15) is 0 Å². The van der Waals surface area contributed by atoms with Gasteiger partial charge in [-0.2, -0.15) is 0 Å². The molecule has 1 aromatic carbocycles. The van der Waals surface area contributed by atoms with Crippen molar-refractivity contribution in [3.05, 3.63) is 35.9 Å². The number of likely N-dealkylation sites (tertiary alicyclic amines) is 1. The molecule has 0 saturated carbocycles. The molecule has 2 amide bonds. The Kier molecular flexibility index (Phi) is 6.82. The molecule has 2 aliphatic heterocycles. The molecule has 27 heavy (non-hydrogen) atoms. The Balaban J connectivity index is 1.65. The molecule has 0 aromatic heterocycles. The van der Waals surface area contributed by atoms with Gasteiger partial charge in [-0.05, 0) is 5.56 Å². The number of aliphatic hydroxyl groups excluding tert-OH is 1. The van der Waals surface area contributed by atoms with E-state index < -0.39 is 0 Å². The van der Waals surface area contributed by atoms with E-state index in [2.05, 4.69) is 10.2 Å². The lowest BCUT2D eigenvalue weighted by atomic mass is 9.75. The maximum Gasteiger partial charge on any atom is 0.234 e. The molecular formula is C20H29N3O4. The summed E-state index contributed by atoms with van der Waals surface area (Å²) >= 11 is 0. The van der Waals surface area contributed by atoms with Crippen LogP contribution in [-0.2, 0) is 14.3 Å². The van der Waals surface area contributed by atoms with E-state index in [4.69, 9.17) is 4.74 Å². The molecule has 7 nitrogen and oxygen atoms in total. The number of carbonyl (C=O) groups is 2. The van der Waals surface area contributed by atoms with Gasteiger partial charge in [0.25, 0.3) is 0 Å². The van der Waals surface area contributed by atoms with E-state index in [0.29, 0.717) is 32.7 Å². The molecule has 3 atom stereocenters. The van der Waals surface area contributed by atoms with Crippen LogP contribution in [0.25, 0.3) is 0 Å². The number of nitrogens with one attached hydrogen (secondary N) is 1. The van der Waals surface area contributed by atoms with E-state index in [1.54, 1.807) is 4.90 Å². The highest BCUT2D eigenvalue weighted by atomic mass is 16.5. The molecule has 3 rings (SSSR count). The van der Waals surface area contributed by atoms with Gasteiger partial charge in [-0.1, -0.05) is 37.3 Å². The quantitative estimate of drug-likeness (QED) is 0.712. The monoisotopic (exact) mass is 375 g/mol. The van der Waals surface area contributed by atoms with Crippen LogP contribution in [0, 0.1) is 0 Å². The van der Waals surface area contributed by atoms with Gasteiger partial charge in [-0.25, -0.2) is 0 Å². The van der Waals surface area contributed by atoms with Crippen LogP contribution in [0.3, 0.4) is 0 Å². The first kappa shape index (κ1) is 19.8. The highest BCUT2D eigenvalue weighted by molar-refractivity contribution is 5.80. The number of aliphatic hydroxyl groups is 1. The van der Waals surface area contributed by atoms with Crippen molar-refractivity contribution in [3.63, 3.8) is 0 Å². The van der Waals surface area contributed by atoms with Crippen molar-refractivity contribution >= 4 is 11.8 Å². The minimum atomic E-state index is -0.235. The van der Waals surface area contributed by atoms with Gasteiger partial charge in [0.05, 0.1) is 38.4 Å². The highest BCUT2D eigenvalue weighted by Gasteiger charge is 2.50. The molecule has 7 heteroatoms. The molecule has 0 unspecified atom stereocenters. The van der Waals surface area contributed by atoms with E-state index >= 15 is 0 Å². The van der Waals surface area contributed by atoms with Crippen LogP contribution in [0.1, 0.15) is 24.8 Å². The Morgan fingerprint density at radius 3 is 2.52 bits per heavy atom. The smallest absolute Gasteiger partial charge is 0.234 e. The lowest BCUT2D eigenvalue weighted by molar-refractivity contribution is -0.150. The number of rotatable bonds is 7. The molecule has 1 aromatic rings. The van der Waals surface area contributed by atoms with Gasteiger partial charge < -0.3 is 20.1 Å². The van der Waals surface area contributed by atoms with Gasteiger partial charge >= 0.3 is 0 Å². The van der Waals surface area contributed by atoms with Crippen LogP contribution in [0.5, 0.6) is 0 Å². The molecular weight excluding hydrogens is 346 g/mol. The molecule has 0 bridgehead atoms. The number of benzene rings is 1. The van der Waals surface area contributed by atoms with Crippen molar-refractivity contribution in [3.8, 4) is 0 Å². The molecule has 2 saturated heterocycles. The van der Waals surface area contributed by atoms with Gasteiger partial charge in [0, 0.05) is 32.0 Å². The van der Waals surface area contributed by atoms with Gasteiger partial charge in [0.2, 0.25) is 11.8 Å². The third kappa shape index (κ3) is 4.48. The summed E-state index contributed by atoms with van der Waals surface area (Å²) in [6, 6.07) is 9.54. The number of hydrogen-bond donors (Lipinski definition) is 2. The Morgan fingerprint density at radius 2 is 1.89 bits per heavy atom. The fourth-order valence-electron chi connectivity index (χ4n) is 4.08. The summed E-state index contributed by atoms with van der Waals surface area (Å²) in [6.45, 7) is 5.31. The average molecular weight is 375 g/mol. The first-order valence-electron chi connectivity index (χ1n) is 9.69. The Labute approximate surface area is 160 Å². The average Bonchev–Trinajstić information content (AvgIpc) is 2.68. The fraction of sp³-hybridized carbons (Fsp3) is 0.600. The normalized spacial score (nSPS) is 25.7. The minimum Gasteiger partial charge on any atom is -0.394 e. The summed E-state index contributed by atoms with van der Waals surface area (Å²) in [5.74, 6) is -0.0101. The van der Waals surface area contributed by atoms with Crippen molar-refractivity contribution in [2.75, 3.05) is 46.0 Å². The summed E-state index contributed by atoms with van der Waals surface area (Å²) in [5, 5.41) is 12.8. The molecule has 0 radical (unpaired) electrons. The topological polar surface area (TPSA) is 82.1 Å². The van der Waals surface area contributed by atoms with Crippen LogP contribution in [0.15, 0.2) is 30.3 Å². The van der Waals surface area contributed by atoms with Crippen molar-refractivity contribution in [1.29, 1.82) is 0 Å². The van der Waals surface area contributed by atoms with Crippen LogP contribution in [0.2, 0.25) is 0 Å². The predicted molar refractivity (Wildman–Crippen MR) is 101 cm³/mol. The summed E-state index contributed by atoms with van der Waals surface area (Å²) < 4.78 is 5.30. The lowest BCUT2D eigenvalue weighted by Gasteiger charge is -2.55. The van der Waals surface area contributed by atoms with Crippen molar-refractivity contribution in [1.82, 2.24) is 15.1 Å². The number of nitrogens with zero attached hydrogens (tertiary/aromatic N) is 2. The molecule has 2 fully saturated rings. The summed E-state index contributed by atoms with van der Waals surface area (Å²) in [4.78, 5) is 28.6. The molecule has 0 spiro atoms. The second-order valence-corrected chi connectivity index (χ2v) is 7.10. The van der Waals surface area contributed by atoms with Gasteiger partial charge in [-0.3, -0.25) is 14.5 Å². The van der Waals surface area contributed by atoms with E-state index in [0.717, 1.165) is 18.7 Å². The van der Waals surface area contributed by atoms with E-state index in [1.807, 2.05) is 37.3 Å². The number of ether oxygens (including phenoxy) is 1. The lowest BCUT2D eigenvalue weighted by Crippen LogP contribution is -2.68. The van der Waals surface area contributed by atoms with Crippen LogP contribution < -0.4 is 5.32 Å². The maximum atomic E-state index is 12.4. The third-order valence-electron chi connectivity index (χ3n) is 5.48. The zero-order valence-electron chi connectivity index (χ0n) is 15.8. The largest absolute Gasteiger partial charge is 0.394 e. The van der Waals surface area contributed by atoms with E-state index in [9.17, 15) is 14.7 Å². The first-order chi connectivity index (χ1) is 13.2. The molecule has 2 heterocycles. The predicted octanol–water partition coefficient (Wildman–Crippen LogP) is 0.200. The highest BCUT2D eigenvalue weighted by Crippen LogP contribution is 2.40. The van der Waals surface area contributed by atoms with Gasteiger partial charge in [0.15, 0.2) is 0 Å². The van der Waals surface area contributed by atoms with Crippen LogP contribution in [-0.4, -0.2) is 84.8 Å². The maximum absolute atomic E-state index is 12.4. The standard InChI is InChI=1S/C20H29N3O4/c1-2-19(26)23-16(12-21-18(25)13-22-8-10-27-11-9-22)20(17(23)14-24)15-6-4-3-5-7-15/h3-7,16-17,20,24H,2,8-14H2,1H3,(H,21,25)/t16-,17+,20-/m1/s1. The summed E-state index contributed by atoms with van der Waals surface area (Å²) in [5.41, 5.74) is 1.09. The molecule has 148 valence electrons. The van der Waals surface area contributed by atoms with Gasteiger partial charge in [-0.15, -0.1) is 0 Å².